The van der Waals surface area contributed by atoms with Crippen molar-refractivity contribution in [2.24, 2.45) is 5.10 Å². The van der Waals surface area contributed by atoms with E-state index in [9.17, 15) is 22.8 Å². The van der Waals surface area contributed by atoms with E-state index in [-0.39, 0.29) is 27.8 Å². The summed E-state index contributed by atoms with van der Waals surface area (Å²) in [7, 11) is 2.31. The Morgan fingerprint density at radius 3 is 2.35 bits per heavy atom. The van der Waals surface area contributed by atoms with E-state index < -0.39 is 58.3 Å². The maximum Gasteiger partial charge on any atom is 0.278 e. The van der Waals surface area contributed by atoms with E-state index in [2.05, 4.69) is 14.8 Å². The Morgan fingerprint density at radius 1 is 0.907 bits per heavy atom. The van der Waals surface area contributed by atoms with Gasteiger partial charge in [0.25, 0.3) is 5.91 Å². The molecule has 1 unspecified atom stereocenters. The van der Waals surface area contributed by atoms with Crippen LogP contribution in [0.25, 0.3) is 0 Å². The van der Waals surface area contributed by atoms with Crippen LogP contribution in [0.2, 0.25) is 0 Å². The fourth-order valence-electron chi connectivity index (χ4n) is 4.22. The molecule has 8 nitrogen and oxygen atoms in total. The number of carbonyl (C=O) groups excluding carboxylic acids is 2. The number of hydrazone groups is 1. The second kappa shape index (κ2) is 12.5. The predicted octanol–water partition coefficient (Wildman–Crippen LogP) is 6.17. The molecule has 3 aromatic carbocycles. The minimum absolute atomic E-state index is 0.0727. The van der Waals surface area contributed by atoms with Crippen LogP contribution in [-0.2, 0) is 0 Å². The third kappa shape index (κ3) is 5.89. The quantitative estimate of drug-likeness (QED) is 0.127. The van der Waals surface area contributed by atoms with Gasteiger partial charge in [-0.3, -0.25) is 14.6 Å². The Kier molecular flexibility index (Phi) is 8.62. The smallest absolute Gasteiger partial charge is 0.278 e. The fraction of sp³-hybridized carbons (Fsp3) is 0.133. The number of carbonyl (C=O) groups is 2. The number of rotatable bonds is 9. The average Bonchev–Trinajstić information content (AvgIpc) is 3.47. The highest BCUT2D eigenvalue weighted by Gasteiger charge is 2.39. The topological polar surface area (TPSA) is 90.3 Å². The molecule has 1 amide bonds. The molecule has 2 heterocycles. The zero-order valence-corrected chi connectivity index (χ0v) is 23.3. The number of methoxy groups -OCH3 is 2. The lowest BCUT2D eigenvalue weighted by Gasteiger charge is -2.24. The van der Waals surface area contributed by atoms with Gasteiger partial charge in [-0.15, -0.1) is 0 Å². The first kappa shape index (κ1) is 29.6. The van der Waals surface area contributed by atoms with Gasteiger partial charge in [-0.1, -0.05) is 30.0 Å². The first-order chi connectivity index (χ1) is 20.7. The van der Waals surface area contributed by atoms with E-state index in [0.29, 0.717) is 11.6 Å². The molecule has 0 saturated heterocycles. The van der Waals surface area contributed by atoms with Crippen molar-refractivity contribution in [1.82, 2.24) is 9.99 Å². The van der Waals surface area contributed by atoms with Gasteiger partial charge < -0.3 is 14.2 Å². The normalized spacial score (nSPS) is 14.3. The Morgan fingerprint density at radius 2 is 1.67 bits per heavy atom. The number of halogens is 4. The molecule has 13 heteroatoms. The number of ketones is 1. The maximum absolute atomic E-state index is 15.2. The number of benzene rings is 3. The van der Waals surface area contributed by atoms with Crippen LogP contribution in [0.15, 0.2) is 78.0 Å². The summed E-state index contributed by atoms with van der Waals surface area (Å²) >= 11 is 1.02. The lowest BCUT2D eigenvalue weighted by Crippen LogP contribution is -2.28. The number of ether oxygens (including phenoxy) is 3. The number of hydrogen-bond donors (Lipinski definition) is 0. The van der Waals surface area contributed by atoms with Gasteiger partial charge in [0, 0.05) is 17.3 Å². The average molecular weight is 612 g/mol. The van der Waals surface area contributed by atoms with E-state index in [1.54, 1.807) is 30.3 Å². The summed E-state index contributed by atoms with van der Waals surface area (Å²) in [4.78, 5) is 30.5. The van der Waals surface area contributed by atoms with Crippen LogP contribution in [0.5, 0.6) is 17.2 Å². The zero-order chi connectivity index (χ0) is 30.7. The molecule has 5 rings (SSSR count). The van der Waals surface area contributed by atoms with Gasteiger partial charge in [0.1, 0.15) is 21.9 Å². The van der Waals surface area contributed by atoms with Crippen LogP contribution in [0.3, 0.4) is 0 Å². The number of Topliss-reactive ketones (excluding diaryl/α,β-unsaturated/α-hetero) is 1. The summed E-state index contributed by atoms with van der Waals surface area (Å²) < 4.78 is 73.4. The summed E-state index contributed by atoms with van der Waals surface area (Å²) in [6.07, 6.45) is 1.46. The highest BCUT2D eigenvalue weighted by Crippen LogP contribution is 2.48. The summed E-state index contributed by atoms with van der Waals surface area (Å²) in [5.74, 6) is -7.41. The third-order valence-corrected chi connectivity index (χ3v) is 7.50. The molecule has 43 heavy (non-hydrogen) atoms. The van der Waals surface area contributed by atoms with Crippen molar-refractivity contribution in [3.8, 4) is 17.2 Å². The minimum Gasteiger partial charge on any atom is -0.493 e. The predicted molar refractivity (Wildman–Crippen MR) is 149 cm³/mol. The van der Waals surface area contributed by atoms with Crippen LogP contribution >= 0.6 is 11.8 Å². The second-order valence-corrected chi connectivity index (χ2v) is 9.97. The highest BCUT2D eigenvalue weighted by molar-refractivity contribution is 8.14. The van der Waals surface area contributed by atoms with Crippen molar-refractivity contribution < 1.29 is 41.4 Å². The summed E-state index contributed by atoms with van der Waals surface area (Å²) in [5.41, 5.74) is 0.0184. The van der Waals surface area contributed by atoms with Gasteiger partial charge in [0.2, 0.25) is 11.6 Å². The molecule has 0 aliphatic carbocycles. The van der Waals surface area contributed by atoms with E-state index in [1.807, 2.05) is 0 Å². The van der Waals surface area contributed by atoms with E-state index in [0.717, 1.165) is 23.9 Å². The number of nitrogens with zero attached hydrogens (tertiary/aromatic N) is 3. The summed E-state index contributed by atoms with van der Waals surface area (Å²) in [6.45, 7) is -0.448. The molecule has 1 aliphatic heterocycles. The van der Waals surface area contributed by atoms with Gasteiger partial charge in [0.05, 0.1) is 19.8 Å². The molecule has 1 aromatic heterocycles. The van der Waals surface area contributed by atoms with Crippen LogP contribution in [0, 0.1) is 23.3 Å². The van der Waals surface area contributed by atoms with Crippen molar-refractivity contribution in [3.63, 3.8) is 0 Å². The SMILES string of the molecule is COc1cccc(C2SC(c3ccc(F)cc3)=NN2C(=O)c2cc(F)c(F)c(OC)c2F)c1OCC(=O)c1ccccn1. The number of aromatic nitrogens is 1. The first-order valence-corrected chi connectivity index (χ1v) is 13.4. The fourth-order valence-corrected chi connectivity index (χ4v) is 5.39. The molecule has 1 aliphatic rings. The molecular weight excluding hydrogens is 590 g/mol. The molecule has 4 aromatic rings. The molecular formula is C30H21F4N3O5S. The van der Waals surface area contributed by atoms with Crippen LogP contribution in [0.4, 0.5) is 17.6 Å². The van der Waals surface area contributed by atoms with Crippen molar-refractivity contribution >= 4 is 28.5 Å². The summed E-state index contributed by atoms with van der Waals surface area (Å²) in [6, 6.07) is 15.2. The Labute approximate surface area is 246 Å². The van der Waals surface area contributed by atoms with Crippen molar-refractivity contribution in [2.75, 3.05) is 20.8 Å². The Bertz CT molecular complexity index is 1720. The number of hydrogen-bond acceptors (Lipinski definition) is 8. The second-order valence-electron chi connectivity index (χ2n) is 8.90. The van der Waals surface area contributed by atoms with E-state index in [1.165, 1.54) is 43.6 Å². The number of para-hydroxylation sites is 1. The first-order valence-electron chi connectivity index (χ1n) is 12.5. The van der Waals surface area contributed by atoms with Gasteiger partial charge in [-0.25, -0.2) is 18.2 Å². The maximum atomic E-state index is 15.2. The molecule has 0 fully saturated rings. The lowest BCUT2D eigenvalue weighted by molar-refractivity contribution is 0.0738. The largest absolute Gasteiger partial charge is 0.493 e. The van der Waals surface area contributed by atoms with Crippen molar-refractivity contribution in [2.45, 2.75) is 5.37 Å². The van der Waals surface area contributed by atoms with Gasteiger partial charge in [-0.2, -0.15) is 9.49 Å². The molecule has 0 spiro atoms. The number of thioether (sulfide) groups is 1. The highest BCUT2D eigenvalue weighted by atomic mass is 32.2. The van der Waals surface area contributed by atoms with Gasteiger partial charge >= 0.3 is 0 Å². The van der Waals surface area contributed by atoms with Gasteiger partial charge in [-0.05, 0) is 48.5 Å². The van der Waals surface area contributed by atoms with E-state index in [4.69, 9.17) is 9.47 Å². The van der Waals surface area contributed by atoms with E-state index >= 15 is 4.39 Å². The molecule has 220 valence electrons. The molecule has 0 saturated carbocycles. The minimum atomic E-state index is -1.60. The monoisotopic (exact) mass is 611 g/mol. The third-order valence-electron chi connectivity index (χ3n) is 6.29. The van der Waals surface area contributed by atoms with Crippen molar-refractivity contribution in [3.05, 3.63) is 119 Å². The van der Waals surface area contributed by atoms with Crippen LogP contribution < -0.4 is 14.2 Å². The van der Waals surface area contributed by atoms with Crippen LogP contribution in [0.1, 0.15) is 37.3 Å². The molecule has 0 N–H and O–H groups in total. The number of amides is 1. The lowest BCUT2D eigenvalue weighted by atomic mass is 10.1. The number of pyridine rings is 1. The Hall–Kier alpha value is -4.91. The summed E-state index contributed by atoms with van der Waals surface area (Å²) in [5, 5.41) is 4.36. The Balaban J connectivity index is 1.58. The molecule has 1 atom stereocenters. The van der Waals surface area contributed by atoms with Gasteiger partial charge in [0.15, 0.2) is 35.5 Å². The standard InChI is InChI=1S/C30H21F4N3O5S/c1-40-23-8-5-6-18(26(23)42-15-22(38)21-7-3-4-13-35-21)30-37(36-28(43-30)16-9-11-17(31)12-10-16)29(39)19-14-20(32)25(34)27(41-2)24(19)33/h3-14,30H,15H2,1-2H3. The van der Waals surface area contributed by atoms with Crippen LogP contribution in [-0.4, -0.2) is 47.6 Å². The zero-order valence-electron chi connectivity index (χ0n) is 22.5. The molecule has 0 radical (unpaired) electrons. The van der Waals surface area contributed by atoms with Crippen molar-refractivity contribution in [1.29, 1.82) is 0 Å². The molecule has 0 bridgehead atoms.